The van der Waals surface area contributed by atoms with Gasteiger partial charge in [-0.3, -0.25) is 19.5 Å². The van der Waals surface area contributed by atoms with E-state index in [0.717, 1.165) is 22.6 Å². The van der Waals surface area contributed by atoms with Gasteiger partial charge in [-0.15, -0.1) is 0 Å². The van der Waals surface area contributed by atoms with Gasteiger partial charge in [0.2, 0.25) is 0 Å². The molecule has 0 radical (unpaired) electrons. The molecule has 0 unspecified atom stereocenters. The van der Waals surface area contributed by atoms with Crippen LogP contribution >= 0.6 is 22.9 Å². The van der Waals surface area contributed by atoms with E-state index in [2.05, 4.69) is 4.99 Å². The monoisotopic (exact) mass is 576 g/mol. The van der Waals surface area contributed by atoms with Crippen molar-refractivity contribution < 1.29 is 14.5 Å². The van der Waals surface area contributed by atoms with Crippen LogP contribution in [0.1, 0.15) is 42.4 Å². The van der Waals surface area contributed by atoms with Crippen molar-refractivity contribution >= 4 is 40.7 Å². The molecule has 0 fully saturated rings. The van der Waals surface area contributed by atoms with E-state index in [-0.39, 0.29) is 17.9 Å². The first-order valence-electron chi connectivity index (χ1n) is 12.5. The molecule has 1 aliphatic heterocycles. The van der Waals surface area contributed by atoms with E-state index >= 15 is 0 Å². The fourth-order valence-corrected chi connectivity index (χ4v) is 6.11. The molecule has 40 heavy (non-hydrogen) atoms. The number of benzene rings is 2. The molecule has 1 aliphatic rings. The third-order valence-corrected chi connectivity index (χ3v) is 8.01. The molecule has 4 aromatic rings. The number of aromatic nitrogens is 2. The van der Waals surface area contributed by atoms with E-state index in [4.69, 9.17) is 16.3 Å². The van der Waals surface area contributed by atoms with Crippen molar-refractivity contribution in [3.8, 4) is 5.69 Å². The van der Waals surface area contributed by atoms with Crippen LogP contribution in [-0.2, 0) is 9.53 Å². The molecule has 0 saturated carbocycles. The van der Waals surface area contributed by atoms with Crippen molar-refractivity contribution in [2.24, 2.45) is 4.99 Å². The molecule has 9 nitrogen and oxygen atoms in total. The number of non-ortho nitro benzene ring substituents is 1. The van der Waals surface area contributed by atoms with E-state index in [1.165, 1.54) is 28.0 Å². The van der Waals surface area contributed by atoms with Crippen molar-refractivity contribution in [1.29, 1.82) is 0 Å². The molecular formula is C29H25ClN4O5S. The molecule has 204 valence electrons. The number of rotatable bonds is 6. The molecule has 0 N–H and O–H groups in total. The molecule has 2 aromatic heterocycles. The average molecular weight is 577 g/mol. The predicted molar refractivity (Wildman–Crippen MR) is 154 cm³/mol. The first-order chi connectivity index (χ1) is 19.1. The van der Waals surface area contributed by atoms with Gasteiger partial charge in [0.05, 0.1) is 33.4 Å². The number of esters is 1. The topological polar surface area (TPSA) is 109 Å². The highest BCUT2D eigenvalue weighted by Gasteiger charge is 2.33. The Bertz CT molecular complexity index is 1870. The SMILES string of the molecule is CCOC(=O)C1=C(C)N=c2s/c(=C/c3cc(C)n(-c4ccc([N+](=O)[O-])cc4)c3C)c(=O)n2[C@@H]1c1ccc(Cl)cc1. The summed E-state index contributed by atoms with van der Waals surface area (Å²) in [5, 5.41) is 11.6. The van der Waals surface area contributed by atoms with Crippen LogP contribution in [0.5, 0.6) is 0 Å². The summed E-state index contributed by atoms with van der Waals surface area (Å²) in [7, 11) is 0. The number of carbonyl (C=O) groups is 1. The maximum atomic E-state index is 13.9. The molecule has 0 saturated heterocycles. The molecule has 0 spiro atoms. The number of nitro benzene ring substituents is 1. The number of carbonyl (C=O) groups excluding carboxylic acids is 1. The smallest absolute Gasteiger partial charge is 0.338 e. The average Bonchev–Trinajstić information content (AvgIpc) is 3.37. The van der Waals surface area contributed by atoms with Gasteiger partial charge < -0.3 is 9.30 Å². The number of allylic oxidation sites excluding steroid dienone is 1. The van der Waals surface area contributed by atoms with E-state index < -0.39 is 16.9 Å². The van der Waals surface area contributed by atoms with Gasteiger partial charge in [0.15, 0.2) is 4.80 Å². The second kappa shape index (κ2) is 10.7. The van der Waals surface area contributed by atoms with Gasteiger partial charge >= 0.3 is 5.97 Å². The summed E-state index contributed by atoms with van der Waals surface area (Å²) in [6.45, 7) is 7.52. The Hall–Kier alpha value is -4.28. The van der Waals surface area contributed by atoms with Gasteiger partial charge in [-0.1, -0.05) is 35.1 Å². The third kappa shape index (κ3) is 4.80. The first-order valence-corrected chi connectivity index (χ1v) is 13.7. The van der Waals surface area contributed by atoms with Crippen LogP contribution in [-0.4, -0.2) is 26.6 Å². The number of hydrogen-bond acceptors (Lipinski definition) is 7. The van der Waals surface area contributed by atoms with Crippen LogP contribution in [0.4, 0.5) is 5.69 Å². The van der Waals surface area contributed by atoms with Crippen molar-refractivity contribution in [1.82, 2.24) is 9.13 Å². The minimum Gasteiger partial charge on any atom is -0.463 e. The van der Waals surface area contributed by atoms with Gasteiger partial charge in [-0.25, -0.2) is 9.79 Å². The first kappa shape index (κ1) is 27.3. The number of nitrogens with zero attached hydrogens (tertiary/aromatic N) is 4. The number of nitro groups is 1. The molecule has 11 heteroatoms. The molecule has 0 amide bonds. The quantitative estimate of drug-likeness (QED) is 0.187. The summed E-state index contributed by atoms with van der Waals surface area (Å²) < 4.78 is 9.31. The van der Waals surface area contributed by atoms with Crippen LogP contribution in [0.25, 0.3) is 11.8 Å². The lowest BCUT2D eigenvalue weighted by molar-refractivity contribution is -0.384. The number of halogens is 1. The Morgan fingerprint density at radius 3 is 2.45 bits per heavy atom. The summed E-state index contributed by atoms with van der Waals surface area (Å²) in [5.74, 6) is -0.523. The maximum Gasteiger partial charge on any atom is 0.338 e. The molecule has 0 bridgehead atoms. The highest BCUT2D eigenvalue weighted by atomic mass is 35.5. The van der Waals surface area contributed by atoms with Gasteiger partial charge in [-0.05, 0) is 75.2 Å². The summed E-state index contributed by atoms with van der Waals surface area (Å²) in [5.41, 5.74) is 4.62. The summed E-state index contributed by atoms with van der Waals surface area (Å²) in [6, 6.07) is 14.6. The second-order valence-corrected chi connectivity index (χ2v) is 10.7. The Morgan fingerprint density at radius 1 is 1.15 bits per heavy atom. The fraction of sp³-hybridized carbons (Fsp3) is 0.207. The lowest BCUT2D eigenvalue weighted by Crippen LogP contribution is -2.39. The van der Waals surface area contributed by atoms with Crippen LogP contribution in [0.15, 0.2) is 75.7 Å². The number of thiazole rings is 1. The maximum absolute atomic E-state index is 13.9. The lowest BCUT2D eigenvalue weighted by atomic mass is 9.96. The van der Waals surface area contributed by atoms with Crippen molar-refractivity contribution in [3.63, 3.8) is 0 Å². The van der Waals surface area contributed by atoms with Crippen molar-refractivity contribution in [3.05, 3.63) is 123 Å². The van der Waals surface area contributed by atoms with Gasteiger partial charge in [0.25, 0.3) is 11.2 Å². The molecule has 1 atom stereocenters. The molecule has 3 heterocycles. The third-order valence-electron chi connectivity index (χ3n) is 6.78. The van der Waals surface area contributed by atoms with E-state index in [9.17, 15) is 19.7 Å². The van der Waals surface area contributed by atoms with Crippen LogP contribution < -0.4 is 14.9 Å². The molecule has 2 aromatic carbocycles. The summed E-state index contributed by atoms with van der Waals surface area (Å²) >= 11 is 7.37. The summed E-state index contributed by atoms with van der Waals surface area (Å²) in [6.07, 6.45) is 1.82. The molecule has 0 aliphatic carbocycles. The molecule has 5 rings (SSSR count). The second-order valence-electron chi connectivity index (χ2n) is 9.29. The van der Waals surface area contributed by atoms with Gasteiger partial charge in [-0.2, -0.15) is 0 Å². The number of ether oxygens (including phenoxy) is 1. The number of hydrogen-bond donors (Lipinski definition) is 0. The van der Waals surface area contributed by atoms with E-state index in [0.29, 0.717) is 31.2 Å². The highest BCUT2D eigenvalue weighted by molar-refractivity contribution is 7.07. The minimum atomic E-state index is -0.720. The Kier molecular flexibility index (Phi) is 7.31. The normalized spacial score (nSPS) is 15.1. The zero-order chi connectivity index (χ0) is 28.7. The van der Waals surface area contributed by atoms with Crippen molar-refractivity contribution in [2.45, 2.75) is 33.7 Å². The fourth-order valence-electron chi connectivity index (χ4n) is 4.95. The lowest BCUT2D eigenvalue weighted by Gasteiger charge is -2.24. The minimum absolute atomic E-state index is 0.0141. The Labute approximate surface area is 238 Å². The van der Waals surface area contributed by atoms with Crippen molar-refractivity contribution in [2.75, 3.05) is 6.61 Å². The van der Waals surface area contributed by atoms with E-state index in [1.807, 2.05) is 30.6 Å². The zero-order valence-electron chi connectivity index (χ0n) is 22.2. The molecular weight excluding hydrogens is 552 g/mol. The number of fused-ring (bicyclic) bond motifs is 1. The largest absolute Gasteiger partial charge is 0.463 e. The predicted octanol–water partition coefficient (Wildman–Crippen LogP) is 4.77. The summed E-state index contributed by atoms with van der Waals surface area (Å²) in [4.78, 5) is 42.6. The standard InChI is InChI=1S/C29H25ClN4O5S/c1-5-39-28(36)25-17(3)31-29-33(26(25)19-6-8-21(30)9-7-19)27(35)24(40-29)15-20-14-16(2)32(18(20)4)22-10-12-23(13-11-22)34(37)38/h6-15,26H,5H2,1-4H3/b24-15+/t26-/m1/s1. The Morgan fingerprint density at radius 2 is 1.82 bits per heavy atom. The number of aryl methyl sites for hydroxylation is 1. The zero-order valence-corrected chi connectivity index (χ0v) is 23.7. The van der Waals surface area contributed by atoms with E-state index in [1.54, 1.807) is 50.2 Å². The highest BCUT2D eigenvalue weighted by Crippen LogP contribution is 2.31. The van der Waals surface area contributed by atoms with Gasteiger partial charge in [0, 0.05) is 34.2 Å². The van der Waals surface area contributed by atoms with Crippen LogP contribution in [0, 0.1) is 24.0 Å². The van der Waals surface area contributed by atoms with Crippen LogP contribution in [0.3, 0.4) is 0 Å². The van der Waals surface area contributed by atoms with Crippen LogP contribution in [0.2, 0.25) is 5.02 Å². The Balaban J connectivity index is 1.66. The van der Waals surface area contributed by atoms with Gasteiger partial charge in [0.1, 0.15) is 0 Å².